The van der Waals surface area contributed by atoms with Gasteiger partial charge in [0.1, 0.15) is 12.6 Å². The number of alkyl carbamates (subject to hydrolysis) is 1. The molecule has 1 unspecified atom stereocenters. The number of carbonyl (C=O) groups excluding carboxylic acids is 2. The molecule has 1 aliphatic carbocycles. The molecule has 2 aromatic carbocycles. The summed E-state index contributed by atoms with van der Waals surface area (Å²) in [4.78, 5) is 34.7. The van der Waals surface area contributed by atoms with Crippen molar-refractivity contribution in [1.29, 1.82) is 0 Å². The summed E-state index contributed by atoms with van der Waals surface area (Å²) < 4.78 is 10.8. The van der Waals surface area contributed by atoms with E-state index in [1.54, 1.807) is 6.92 Å². The molecule has 0 radical (unpaired) electrons. The highest BCUT2D eigenvalue weighted by atomic mass is 16.5. The van der Waals surface area contributed by atoms with Crippen LogP contribution in [0.25, 0.3) is 11.1 Å². The highest BCUT2D eigenvalue weighted by Crippen LogP contribution is 2.44. The van der Waals surface area contributed by atoms with Crippen LogP contribution in [0.2, 0.25) is 0 Å². The van der Waals surface area contributed by atoms with Crippen molar-refractivity contribution in [2.24, 2.45) is 0 Å². The molecular weight excluding hydrogens is 412 g/mol. The van der Waals surface area contributed by atoms with Crippen molar-refractivity contribution in [1.82, 2.24) is 10.6 Å². The topological polar surface area (TPSA) is 114 Å². The standard InChI is InChI=1S/C24H28N2O6/c1-2-21(23(28)29)26-22(27)11-13-31-14-12-25-24(30)32-15-20-18-9-5-3-7-16(18)17-8-4-6-10-19(17)20/h3-10,20-21H,2,11-15H2,1H3,(H,25,30)(H,26,27)(H,28,29). The fourth-order valence-electron chi connectivity index (χ4n) is 3.75. The summed E-state index contributed by atoms with van der Waals surface area (Å²) >= 11 is 0. The van der Waals surface area contributed by atoms with Crippen LogP contribution in [0.4, 0.5) is 4.79 Å². The third kappa shape index (κ3) is 5.85. The lowest BCUT2D eigenvalue weighted by atomic mass is 9.98. The molecule has 32 heavy (non-hydrogen) atoms. The van der Waals surface area contributed by atoms with Crippen LogP contribution in [0.15, 0.2) is 48.5 Å². The number of fused-ring (bicyclic) bond motifs is 3. The predicted molar refractivity (Wildman–Crippen MR) is 118 cm³/mol. The van der Waals surface area contributed by atoms with E-state index < -0.39 is 18.1 Å². The van der Waals surface area contributed by atoms with Crippen molar-refractivity contribution in [2.45, 2.75) is 31.7 Å². The van der Waals surface area contributed by atoms with E-state index in [4.69, 9.17) is 14.6 Å². The lowest BCUT2D eigenvalue weighted by molar-refractivity contribution is -0.142. The second kappa shape index (κ2) is 11.3. The molecule has 0 aliphatic heterocycles. The SMILES string of the molecule is CCC(NC(=O)CCOCCNC(=O)OCC1c2ccccc2-c2ccccc21)C(=O)O. The van der Waals surface area contributed by atoms with Crippen LogP contribution < -0.4 is 10.6 Å². The Hall–Kier alpha value is -3.39. The van der Waals surface area contributed by atoms with E-state index in [-0.39, 0.29) is 44.6 Å². The van der Waals surface area contributed by atoms with Gasteiger partial charge < -0.3 is 25.2 Å². The van der Waals surface area contributed by atoms with Gasteiger partial charge in [-0.05, 0) is 28.7 Å². The molecule has 3 N–H and O–H groups in total. The Labute approximate surface area is 186 Å². The Morgan fingerprint density at radius 1 is 1.00 bits per heavy atom. The van der Waals surface area contributed by atoms with E-state index >= 15 is 0 Å². The first kappa shape index (κ1) is 23.3. The number of carboxylic acid groups (broad SMARTS) is 1. The van der Waals surface area contributed by atoms with Gasteiger partial charge in [0.2, 0.25) is 5.91 Å². The number of ether oxygens (including phenoxy) is 2. The van der Waals surface area contributed by atoms with E-state index in [0.717, 1.165) is 11.1 Å². The number of benzene rings is 2. The highest BCUT2D eigenvalue weighted by Gasteiger charge is 2.28. The summed E-state index contributed by atoms with van der Waals surface area (Å²) in [5, 5.41) is 14.0. The Morgan fingerprint density at radius 2 is 1.62 bits per heavy atom. The van der Waals surface area contributed by atoms with Crippen molar-refractivity contribution in [2.75, 3.05) is 26.4 Å². The van der Waals surface area contributed by atoms with Crippen molar-refractivity contribution in [3.8, 4) is 11.1 Å². The van der Waals surface area contributed by atoms with Crippen LogP contribution in [-0.2, 0) is 19.1 Å². The first-order valence-corrected chi connectivity index (χ1v) is 10.7. The molecule has 1 aliphatic rings. The van der Waals surface area contributed by atoms with Gasteiger partial charge in [0, 0.05) is 18.9 Å². The van der Waals surface area contributed by atoms with Crippen LogP contribution in [-0.4, -0.2) is 55.5 Å². The zero-order chi connectivity index (χ0) is 22.9. The second-order valence-electron chi connectivity index (χ2n) is 7.48. The Balaban J connectivity index is 1.34. The van der Waals surface area contributed by atoms with E-state index in [0.29, 0.717) is 6.42 Å². The molecular formula is C24H28N2O6. The molecule has 0 heterocycles. The molecule has 8 heteroatoms. The van der Waals surface area contributed by atoms with Crippen molar-refractivity contribution in [3.63, 3.8) is 0 Å². The quantitative estimate of drug-likeness (QED) is 0.463. The minimum Gasteiger partial charge on any atom is -0.480 e. The maximum absolute atomic E-state index is 12.1. The minimum absolute atomic E-state index is 0.000612. The first-order valence-electron chi connectivity index (χ1n) is 10.7. The molecule has 0 bridgehead atoms. The number of hydrogen-bond donors (Lipinski definition) is 3. The van der Waals surface area contributed by atoms with Gasteiger partial charge >= 0.3 is 12.1 Å². The lowest BCUT2D eigenvalue weighted by Crippen LogP contribution is -2.40. The summed E-state index contributed by atoms with van der Waals surface area (Å²) in [6, 6.07) is 15.4. The largest absolute Gasteiger partial charge is 0.480 e. The van der Waals surface area contributed by atoms with Gasteiger partial charge in [0.05, 0.1) is 13.2 Å². The highest BCUT2D eigenvalue weighted by molar-refractivity contribution is 5.83. The number of nitrogens with one attached hydrogen (secondary N) is 2. The molecule has 170 valence electrons. The first-order chi connectivity index (χ1) is 15.5. The predicted octanol–water partition coefficient (Wildman–Crippen LogP) is 2.91. The van der Waals surface area contributed by atoms with E-state index in [1.165, 1.54) is 11.1 Å². The summed E-state index contributed by atoms with van der Waals surface area (Å²) in [6.45, 7) is 2.51. The summed E-state index contributed by atoms with van der Waals surface area (Å²) in [6.07, 6.45) is -0.166. The van der Waals surface area contributed by atoms with Gasteiger partial charge in [-0.1, -0.05) is 55.5 Å². The number of rotatable bonds is 11. The van der Waals surface area contributed by atoms with Gasteiger partial charge in [-0.25, -0.2) is 9.59 Å². The van der Waals surface area contributed by atoms with E-state index in [1.807, 2.05) is 24.3 Å². The minimum atomic E-state index is -1.06. The average molecular weight is 440 g/mol. The monoisotopic (exact) mass is 440 g/mol. The van der Waals surface area contributed by atoms with Crippen molar-refractivity contribution in [3.05, 3.63) is 59.7 Å². The third-order valence-corrected chi connectivity index (χ3v) is 5.37. The molecule has 3 rings (SSSR count). The van der Waals surface area contributed by atoms with Crippen LogP contribution in [0.3, 0.4) is 0 Å². The summed E-state index contributed by atoms with van der Waals surface area (Å²) in [5.74, 6) is -1.45. The fourth-order valence-corrected chi connectivity index (χ4v) is 3.75. The van der Waals surface area contributed by atoms with E-state index in [2.05, 4.69) is 34.9 Å². The second-order valence-corrected chi connectivity index (χ2v) is 7.48. The molecule has 8 nitrogen and oxygen atoms in total. The zero-order valence-electron chi connectivity index (χ0n) is 18.0. The Kier molecular flexibility index (Phi) is 8.21. The number of carboxylic acids is 1. The van der Waals surface area contributed by atoms with Gasteiger partial charge in [-0.2, -0.15) is 0 Å². The van der Waals surface area contributed by atoms with Gasteiger partial charge in [-0.15, -0.1) is 0 Å². The third-order valence-electron chi connectivity index (χ3n) is 5.37. The summed E-state index contributed by atoms with van der Waals surface area (Å²) in [7, 11) is 0. The molecule has 0 spiro atoms. The Morgan fingerprint density at radius 3 is 2.22 bits per heavy atom. The van der Waals surface area contributed by atoms with Crippen LogP contribution in [0, 0.1) is 0 Å². The number of carbonyl (C=O) groups is 3. The number of aliphatic carboxylic acids is 1. The van der Waals surface area contributed by atoms with E-state index in [9.17, 15) is 14.4 Å². The van der Waals surface area contributed by atoms with Crippen molar-refractivity contribution < 1.29 is 29.0 Å². The number of amides is 2. The average Bonchev–Trinajstić information content (AvgIpc) is 3.12. The smallest absolute Gasteiger partial charge is 0.407 e. The Bertz CT molecular complexity index is 916. The molecule has 0 saturated heterocycles. The van der Waals surface area contributed by atoms with Crippen LogP contribution in [0.5, 0.6) is 0 Å². The molecule has 0 aromatic heterocycles. The van der Waals surface area contributed by atoms with Gasteiger partial charge in [0.15, 0.2) is 0 Å². The molecule has 0 saturated carbocycles. The van der Waals surface area contributed by atoms with Gasteiger partial charge in [-0.3, -0.25) is 4.79 Å². The van der Waals surface area contributed by atoms with Crippen molar-refractivity contribution >= 4 is 18.0 Å². The fraction of sp³-hybridized carbons (Fsp3) is 0.375. The molecule has 2 amide bonds. The normalized spacial score (nSPS) is 13.0. The van der Waals surface area contributed by atoms with Crippen LogP contribution in [0.1, 0.15) is 36.8 Å². The molecule has 1 atom stereocenters. The maximum Gasteiger partial charge on any atom is 0.407 e. The lowest BCUT2D eigenvalue weighted by Gasteiger charge is -2.14. The van der Waals surface area contributed by atoms with Crippen LogP contribution >= 0.6 is 0 Å². The molecule has 2 aromatic rings. The summed E-state index contributed by atoms with van der Waals surface area (Å²) in [5.41, 5.74) is 4.64. The van der Waals surface area contributed by atoms with Gasteiger partial charge in [0.25, 0.3) is 0 Å². The zero-order valence-corrected chi connectivity index (χ0v) is 18.0. The number of hydrogen-bond acceptors (Lipinski definition) is 5. The molecule has 0 fully saturated rings. The maximum atomic E-state index is 12.1.